The van der Waals surface area contributed by atoms with Crippen molar-refractivity contribution >= 4 is 23.2 Å². The van der Waals surface area contributed by atoms with Gasteiger partial charge >= 0.3 is 0 Å². The van der Waals surface area contributed by atoms with Crippen molar-refractivity contribution in [2.24, 2.45) is 0 Å². The van der Waals surface area contributed by atoms with Crippen LogP contribution in [0.15, 0.2) is 18.2 Å². The lowest BCUT2D eigenvalue weighted by atomic mass is 10.2. The van der Waals surface area contributed by atoms with Crippen LogP contribution >= 0.6 is 23.2 Å². The molecule has 0 aliphatic carbocycles. The molecule has 1 fully saturated rings. The summed E-state index contributed by atoms with van der Waals surface area (Å²) in [6.07, 6.45) is 0.135. The average Bonchev–Trinajstić information content (AvgIpc) is 2.70. The first-order valence-electron chi connectivity index (χ1n) is 3.34. The summed E-state index contributed by atoms with van der Waals surface area (Å²) in [7, 11) is 0. The molecule has 0 spiro atoms. The summed E-state index contributed by atoms with van der Waals surface area (Å²) in [6, 6.07) is 5.48. The maximum Gasteiger partial charge on any atom is 0.109 e. The molecule has 3 heteroatoms. The predicted octanol–water partition coefficient (Wildman–Crippen LogP) is 3.06. The Morgan fingerprint density at radius 2 is 1.82 bits per heavy atom. The normalized spacial score (nSPS) is 21.8. The highest BCUT2D eigenvalue weighted by Gasteiger charge is 2.28. The molecule has 1 atom stereocenters. The second-order valence-corrected chi connectivity index (χ2v) is 3.27. The van der Waals surface area contributed by atoms with E-state index in [1.165, 1.54) is 0 Å². The van der Waals surface area contributed by atoms with Crippen LogP contribution in [-0.2, 0) is 4.74 Å². The molecule has 1 nitrogen and oxygen atoms in total. The summed E-state index contributed by atoms with van der Waals surface area (Å²) in [5, 5.41) is 1.39. The Morgan fingerprint density at radius 3 is 2.27 bits per heavy atom. The SMILES string of the molecule is Clc1cccc(Cl)c1C1CO1. The molecule has 58 valence electrons. The van der Waals surface area contributed by atoms with Crippen LogP contribution in [0.1, 0.15) is 11.7 Å². The molecule has 2 rings (SSSR count). The minimum atomic E-state index is 0.135. The van der Waals surface area contributed by atoms with E-state index in [4.69, 9.17) is 27.9 Å². The summed E-state index contributed by atoms with van der Waals surface area (Å²) < 4.78 is 5.09. The third kappa shape index (κ3) is 1.36. The number of epoxide rings is 1. The molecular formula is C8H6Cl2O. The largest absolute Gasteiger partial charge is 0.368 e. The average molecular weight is 189 g/mol. The van der Waals surface area contributed by atoms with Crippen molar-refractivity contribution in [2.75, 3.05) is 6.61 Å². The van der Waals surface area contributed by atoms with Crippen molar-refractivity contribution in [1.82, 2.24) is 0 Å². The Bertz CT molecular complexity index is 261. The molecule has 1 aliphatic rings. The number of hydrogen-bond acceptors (Lipinski definition) is 1. The van der Waals surface area contributed by atoms with Gasteiger partial charge in [-0.25, -0.2) is 0 Å². The first-order chi connectivity index (χ1) is 5.29. The van der Waals surface area contributed by atoms with Crippen LogP contribution in [0.25, 0.3) is 0 Å². The predicted molar refractivity (Wildman–Crippen MR) is 45.2 cm³/mol. The van der Waals surface area contributed by atoms with Gasteiger partial charge in [0.05, 0.1) is 6.61 Å². The molecule has 1 unspecified atom stereocenters. The van der Waals surface area contributed by atoms with Gasteiger partial charge in [-0.1, -0.05) is 29.3 Å². The van der Waals surface area contributed by atoms with Crippen molar-refractivity contribution in [1.29, 1.82) is 0 Å². The van der Waals surface area contributed by atoms with Crippen LogP contribution in [0.5, 0.6) is 0 Å². The van der Waals surface area contributed by atoms with Crippen molar-refractivity contribution in [3.05, 3.63) is 33.8 Å². The zero-order chi connectivity index (χ0) is 7.84. The second-order valence-electron chi connectivity index (χ2n) is 2.46. The van der Waals surface area contributed by atoms with Crippen molar-refractivity contribution in [3.8, 4) is 0 Å². The van der Waals surface area contributed by atoms with Gasteiger partial charge in [0.1, 0.15) is 6.10 Å². The lowest BCUT2D eigenvalue weighted by molar-refractivity contribution is 0.416. The summed E-state index contributed by atoms with van der Waals surface area (Å²) >= 11 is 11.8. The monoisotopic (exact) mass is 188 g/mol. The fourth-order valence-corrected chi connectivity index (χ4v) is 1.67. The van der Waals surface area contributed by atoms with E-state index in [1.54, 1.807) is 0 Å². The Kier molecular flexibility index (Phi) is 1.80. The van der Waals surface area contributed by atoms with Gasteiger partial charge in [0.2, 0.25) is 0 Å². The summed E-state index contributed by atoms with van der Waals surface area (Å²) in [4.78, 5) is 0. The number of hydrogen-bond donors (Lipinski definition) is 0. The molecule has 0 radical (unpaired) electrons. The third-order valence-corrected chi connectivity index (χ3v) is 2.31. The molecule has 1 aromatic rings. The quantitative estimate of drug-likeness (QED) is 0.618. The molecule has 1 heterocycles. The first-order valence-corrected chi connectivity index (χ1v) is 4.10. The number of ether oxygens (including phenoxy) is 1. The lowest BCUT2D eigenvalue weighted by Crippen LogP contribution is -1.83. The Balaban J connectivity index is 2.48. The standard InChI is InChI=1S/C8H6Cl2O/c9-5-2-1-3-6(10)8(5)7-4-11-7/h1-3,7H,4H2. The minimum absolute atomic E-state index is 0.135. The van der Waals surface area contributed by atoms with Crippen molar-refractivity contribution < 1.29 is 4.74 Å². The number of halogens is 2. The highest BCUT2D eigenvalue weighted by atomic mass is 35.5. The zero-order valence-corrected chi connectivity index (χ0v) is 7.19. The molecule has 1 aromatic carbocycles. The maximum absolute atomic E-state index is 5.90. The van der Waals surface area contributed by atoms with E-state index in [9.17, 15) is 0 Å². The van der Waals surface area contributed by atoms with E-state index in [1.807, 2.05) is 18.2 Å². The second kappa shape index (κ2) is 2.67. The van der Waals surface area contributed by atoms with E-state index >= 15 is 0 Å². The Morgan fingerprint density at radius 1 is 1.27 bits per heavy atom. The van der Waals surface area contributed by atoms with Gasteiger partial charge in [-0.3, -0.25) is 0 Å². The van der Waals surface area contributed by atoms with Crippen LogP contribution in [-0.4, -0.2) is 6.61 Å². The van der Waals surface area contributed by atoms with E-state index in [2.05, 4.69) is 0 Å². The summed E-state index contributed by atoms with van der Waals surface area (Å²) in [5.74, 6) is 0. The van der Waals surface area contributed by atoms with Gasteiger partial charge in [0.25, 0.3) is 0 Å². The van der Waals surface area contributed by atoms with Gasteiger partial charge in [0, 0.05) is 15.6 Å². The van der Waals surface area contributed by atoms with Gasteiger partial charge in [-0.15, -0.1) is 0 Å². The molecule has 1 aliphatic heterocycles. The zero-order valence-electron chi connectivity index (χ0n) is 5.68. The fraction of sp³-hybridized carbons (Fsp3) is 0.250. The molecule has 1 saturated heterocycles. The molecular weight excluding hydrogens is 183 g/mol. The topological polar surface area (TPSA) is 12.5 Å². The molecule has 0 bridgehead atoms. The van der Waals surface area contributed by atoms with E-state index in [0.717, 1.165) is 12.2 Å². The van der Waals surface area contributed by atoms with Gasteiger partial charge < -0.3 is 4.74 Å². The molecule has 11 heavy (non-hydrogen) atoms. The van der Waals surface area contributed by atoms with E-state index in [0.29, 0.717) is 10.0 Å². The van der Waals surface area contributed by atoms with Crippen LogP contribution in [0.4, 0.5) is 0 Å². The van der Waals surface area contributed by atoms with Crippen LogP contribution < -0.4 is 0 Å². The van der Waals surface area contributed by atoms with Gasteiger partial charge in [-0.05, 0) is 12.1 Å². The van der Waals surface area contributed by atoms with E-state index < -0.39 is 0 Å². The molecule has 0 amide bonds. The van der Waals surface area contributed by atoms with Crippen LogP contribution in [0.2, 0.25) is 10.0 Å². The smallest absolute Gasteiger partial charge is 0.109 e. The number of rotatable bonds is 1. The highest BCUT2D eigenvalue weighted by molar-refractivity contribution is 6.36. The van der Waals surface area contributed by atoms with E-state index in [-0.39, 0.29) is 6.10 Å². The summed E-state index contributed by atoms with van der Waals surface area (Å²) in [6.45, 7) is 0.740. The Labute approximate surface area is 74.9 Å². The van der Waals surface area contributed by atoms with Crippen molar-refractivity contribution in [3.63, 3.8) is 0 Å². The van der Waals surface area contributed by atoms with Gasteiger partial charge in [-0.2, -0.15) is 0 Å². The Hall–Kier alpha value is -0.240. The van der Waals surface area contributed by atoms with Crippen LogP contribution in [0, 0.1) is 0 Å². The highest BCUT2D eigenvalue weighted by Crippen LogP contribution is 2.39. The molecule has 0 aromatic heterocycles. The maximum atomic E-state index is 5.90. The van der Waals surface area contributed by atoms with Crippen molar-refractivity contribution in [2.45, 2.75) is 6.10 Å². The van der Waals surface area contributed by atoms with Crippen LogP contribution in [0.3, 0.4) is 0 Å². The van der Waals surface area contributed by atoms with Gasteiger partial charge in [0.15, 0.2) is 0 Å². The lowest BCUT2D eigenvalue weighted by Gasteiger charge is -2.01. The molecule has 0 saturated carbocycles. The summed E-state index contributed by atoms with van der Waals surface area (Å²) in [5.41, 5.74) is 0.927. The number of benzene rings is 1. The minimum Gasteiger partial charge on any atom is -0.368 e. The molecule has 0 N–H and O–H groups in total. The fourth-order valence-electron chi connectivity index (χ4n) is 1.03. The third-order valence-electron chi connectivity index (χ3n) is 1.66. The first kappa shape index (κ1) is 7.41.